The minimum atomic E-state index is -4.91. The second kappa shape index (κ2) is 11.5. The van der Waals surface area contributed by atoms with Gasteiger partial charge in [-0.3, -0.25) is 13.7 Å². The summed E-state index contributed by atoms with van der Waals surface area (Å²) in [5, 5.41) is 35.5. The van der Waals surface area contributed by atoms with Crippen molar-refractivity contribution in [1.82, 2.24) is 19.5 Å². The van der Waals surface area contributed by atoms with Crippen LogP contribution in [0.25, 0.3) is 11.2 Å². The van der Waals surface area contributed by atoms with Gasteiger partial charge in [-0.25, -0.2) is 15.0 Å². The second-order valence-corrected chi connectivity index (χ2v) is 14.7. The number of aromatic nitrogens is 4. The van der Waals surface area contributed by atoms with Gasteiger partial charge < -0.3 is 44.6 Å². The summed E-state index contributed by atoms with van der Waals surface area (Å²) < 4.78 is 34.6. The van der Waals surface area contributed by atoms with Crippen LogP contribution in [0.15, 0.2) is 41.8 Å². The maximum Gasteiger partial charge on any atom is 0.340 e. The number of fused-ring (bicyclic) bond motifs is 1. The first-order valence-electron chi connectivity index (χ1n) is 11.6. The third-order valence-corrected chi connectivity index (χ3v) is 9.91. The Balaban J connectivity index is 1.62. The van der Waals surface area contributed by atoms with Gasteiger partial charge >= 0.3 is 15.2 Å². The SMILES string of the molecule is CC(C)Sc1nc(NCc2ccccc2)c2ncn([C@@H]3O[C@H](COP(=O)(O)CP(=O)(O)O)C(O)(O)[C@H]3O)c2n1. The second-order valence-electron chi connectivity index (χ2n) is 9.17. The van der Waals surface area contributed by atoms with E-state index in [1.54, 1.807) is 0 Å². The first kappa shape index (κ1) is 30.0. The Labute approximate surface area is 226 Å². The van der Waals surface area contributed by atoms with Crippen molar-refractivity contribution < 1.29 is 48.4 Å². The Hall–Kier alpha value is -1.94. The van der Waals surface area contributed by atoms with Crippen molar-refractivity contribution in [3.63, 3.8) is 0 Å². The van der Waals surface area contributed by atoms with Crippen LogP contribution >= 0.6 is 27.0 Å². The summed E-state index contributed by atoms with van der Waals surface area (Å²) in [4.78, 5) is 41.1. The highest BCUT2D eigenvalue weighted by molar-refractivity contribution is 7.99. The number of ether oxygens (including phenoxy) is 1. The molecule has 1 aromatic carbocycles. The van der Waals surface area contributed by atoms with E-state index in [-0.39, 0.29) is 10.9 Å². The number of imidazole rings is 1. The van der Waals surface area contributed by atoms with Gasteiger partial charge in [-0.15, -0.1) is 0 Å². The van der Waals surface area contributed by atoms with Gasteiger partial charge in [-0.2, -0.15) is 0 Å². The van der Waals surface area contributed by atoms with Crippen molar-refractivity contribution in [2.75, 3.05) is 17.8 Å². The van der Waals surface area contributed by atoms with E-state index in [0.717, 1.165) is 5.56 Å². The molecule has 1 unspecified atom stereocenters. The summed E-state index contributed by atoms with van der Waals surface area (Å²) in [6.07, 6.45) is -3.95. The van der Waals surface area contributed by atoms with Crippen molar-refractivity contribution in [3.8, 4) is 0 Å². The smallest absolute Gasteiger partial charge is 0.340 e. The number of hydrogen-bond acceptors (Lipinski definition) is 12. The van der Waals surface area contributed by atoms with E-state index in [1.807, 2.05) is 44.2 Å². The van der Waals surface area contributed by atoms with E-state index in [9.17, 15) is 29.3 Å². The lowest BCUT2D eigenvalue weighted by Crippen LogP contribution is -2.49. The lowest BCUT2D eigenvalue weighted by Gasteiger charge is -2.25. The summed E-state index contributed by atoms with van der Waals surface area (Å²) in [7, 11) is -9.72. The maximum atomic E-state index is 12.0. The zero-order chi connectivity index (χ0) is 28.6. The number of aliphatic hydroxyl groups excluding tert-OH is 1. The number of nitrogens with one attached hydrogen (secondary N) is 1. The molecule has 1 saturated heterocycles. The molecule has 4 rings (SSSR count). The van der Waals surface area contributed by atoms with Crippen LogP contribution in [0.2, 0.25) is 0 Å². The Bertz CT molecular complexity index is 1400. The maximum absolute atomic E-state index is 12.0. The summed E-state index contributed by atoms with van der Waals surface area (Å²) in [5.74, 6) is -4.03. The number of benzene rings is 1. The van der Waals surface area contributed by atoms with E-state index >= 15 is 0 Å². The molecule has 1 aliphatic heterocycles. The van der Waals surface area contributed by atoms with E-state index in [2.05, 4.69) is 24.8 Å². The molecule has 7 N–H and O–H groups in total. The molecule has 0 aliphatic carbocycles. The lowest BCUT2D eigenvalue weighted by molar-refractivity contribution is -0.234. The molecule has 0 spiro atoms. The molecule has 15 nitrogen and oxygen atoms in total. The normalized spacial score (nSPS) is 22.8. The van der Waals surface area contributed by atoms with Crippen molar-refractivity contribution in [2.24, 2.45) is 0 Å². The van der Waals surface area contributed by atoms with Gasteiger partial charge in [0.1, 0.15) is 6.10 Å². The van der Waals surface area contributed by atoms with Crippen LogP contribution < -0.4 is 5.32 Å². The average molecular weight is 606 g/mol. The van der Waals surface area contributed by atoms with Gasteiger partial charge in [0.25, 0.3) is 0 Å². The number of hydrogen-bond donors (Lipinski definition) is 7. The third kappa shape index (κ3) is 7.23. The number of anilines is 1. The molecule has 0 amide bonds. The largest absolute Gasteiger partial charge is 0.383 e. The van der Waals surface area contributed by atoms with Crippen LogP contribution in [-0.2, 0) is 24.9 Å². The van der Waals surface area contributed by atoms with Crippen LogP contribution in [0.1, 0.15) is 25.6 Å². The Morgan fingerprint density at radius 1 is 1.18 bits per heavy atom. The lowest BCUT2D eigenvalue weighted by atomic mass is 10.1. The van der Waals surface area contributed by atoms with Gasteiger partial charge in [-0.1, -0.05) is 55.9 Å². The molecule has 0 bridgehead atoms. The molecule has 0 radical (unpaired) electrons. The van der Waals surface area contributed by atoms with E-state index in [4.69, 9.17) is 14.5 Å². The van der Waals surface area contributed by atoms with Crippen LogP contribution in [0.4, 0.5) is 5.82 Å². The highest BCUT2D eigenvalue weighted by Gasteiger charge is 2.56. The first-order chi connectivity index (χ1) is 18.2. The molecule has 3 aromatic rings. The van der Waals surface area contributed by atoms with Crippen molar-refractivity contribution in [1.29, 1.82) is 0 Å². The fraction of sp³-hybridized carbons (Fsp3) is 0.476. The van der Waals surface area contributed by atoms with E-state index < -0.39 is 51.9 Å². The molecule has 39 heavy (non-hydrogen) atoms. The van der Waals surface area contributed by atoms with Gasteiger partial charge in [0, 0.05) is 11.8 Å². The zero-order valence-corrected chi connectivity index (χ0v) is 23.4. The molecule has 3 heterocycles. The summed E-state index contributed by atoms with van der Waals surface area (Å²) in [5.41, 5.74) is 1.52. The predicted molar refractivity (Wildman–Crippen MR) is 140 cm³/mol. The molecular weight excluding hydrogens is 576 g/mol. The van der Waals surface area contributed by atoms with E-state index in [0.29, 0.717) is 23.0 Å². The van der Waals surface area contributed by atoms with E-state index in [1.165, 1.54) is 22.7 Å². The van der Waals surface area contributed by atoms with Gasteiger partial charge in [0.05, 0.1) is 12.9 Å². The minimum absolute atomic E-state index is 0.125. The molecule has 2 aromatic heterocycles. The fourth-order valence-electron chi connectivity index (χ4n) is 3.83. The third-order valence-electron chi connectivity index (χ3n) is 5.59. The summed E-state index contributed by atoms with van der Waals surface area (Å²) in [6.45, 7) is 3.38. The summed E-state index contributed by atoms with van der Waals surface area (Å²) >= 11 is 1.37. The van der Waals surface area contributed by atoms with Crippen LogP contribution in [0.5, 0.6) is 0 Å². The molecule has 1 aliphatic rings. The average Bonchev–Trinajstić information content (AvgIpc) is 3.33. The fourth-order valence-corrected chi connectivity index (χ4v) is 7.09. The molecule has 4 atom stereocenters. The van der Waals surface area contributed by atoms with Crippen molar-refractivity contribution in [2.45, 2.75) is 55.0 Å². The standard InChI is InChI=1S/C21H29N5O10P2S/c1-12(2)39-20-24-17(22-8-13-6-4-3-5-7-13)15-18(25-20)26(10-23-15)19-16(27)21(28,29)14(36-19)9-35-38(33,34)11-37(30,31)32/h3-7,10,12,14,16,19,27-29H,8-9,11H2,1-2H3,(H,33,34)(H,22,24,25)(H2,30,31,32)/t14-,16+,19-/m1/s1. The van der Waals surface area contributed by atoms with Crippen LogP contribution in [-0.4, -0.2) is 85.3 Å². The Morgan fingerprint density at radius 3 is 2.51 bits per heavy atom. The molecule has 18 heteroatoms. The van der Waals surface area contributed by atoms with Crippen molar-refractivity contribution in [3.05, 3.63) is 42.2 Å². The van der Waals surface area contributed by atoms with Gasteiger partial charge in [0.2, 0.25) is 5.79 Å². The minimum Gasteiger partial charge on any atom is -0.383 e. The van der Waals surface area contributed by atoms with Crippen molar-refractivity contribution >= 4 is 43.9 Å². The summed E-state index contributed by atoms with van der Waals surface area (Å²) in [6, 6.07) is 9.57. The van der Waals surface area contributed by atoms with Gasteiger partial charge in [-0.05, 0) is 5.56 Å². The van der Waals surface area contributed by atoms with Crippen LogP contribution in [0.3, 0.4) is 0 Å². The molecule has 1 fully saturated rings. The number of rotatable bonds is 11. The zero-order valence-electron chi connectivity index (χ0n) is 20.8. The number of thioether (sulfide) groups is 1. The quantitative estimate of drug-likeness (QED) is 0.0705. The topological polar surface area (TPSA) is 230 Å². The predicted octanol–water partition coefficient (Wildman–Crippen LogP) is 1.22. The van der Waals surface area contributed by atoms with Gasteiger partial charge in [0.15, 0.2) is 40.4 Å². The highest BCUT2D eigenvalue weighted by Crippen LogP contribution is 2.55. The Kier molecular flexibility index (Phi) is 8.86. The Morgan fingerprint density at radius 2 is 1.87 bits per heavy atom. The number of aliphatic hydroxyl groups is 3. The molecule has 0 saturated carbocycles. The number of nitrogens with zero attached hydrogens (tertiary/aromatic N) is 4. The van der Waals surface area contributed by atoms with Crippen LogP contribution in [0, 0.1) is 0 Å². The first-order valence-corrected chi connectivity index (χ1v) is 16.1. The molecular formula is C21H29N5O10P2S. The molecule has 214 valence electrons. The highest BCUT2D eigenvalue weighted by atomic mass is 32.2. The monoisotopic (exact) mass is 605 g/mol.